The number of nitrogens with zero attached hydrogens (tertiary/aromatic N) is 2. The van der Waals surface area contributed by atoms with E-state index in [2.05, 4.69) is 29.0 Å². The van der Waals surface area contributed by atoms with Crippen molar-refractivity contribution in [2.24, 2.45) is 0 Å². The minimum Gasteiger partial charge on any atom is -0.373 e. The molecule has 1 N–H and O–H groups in total. The summed E-state index contributed by atoms with van der Waals surface area (Å²) in [5.41, 5.74) is 0. The van der Waals surface area contributed by atoms with E-state index in [1.807, 2.05) is 0 Å². The molecule has 114 valence electrons. The molecule has 2 amide bonds. The SMILES string of the molecule is C[C@@H]1CN(C[C@H]2CCCN2C(=O)NC2CC2)C[C@@H](C)O1. The van der Waals surface area contributed by atoms with Crippen molar-refractivity contribution in [2.75, 3.05) is 26.2 Å². The molecule has 2 saturated heterocycles. The molecule has 0 aromatic carbocycles. The second-order valence-corrected chi connectivity index (χ2v) is 6.69. The number of nitrogens with one attached hydrogen (secondary N) is 1. The molecule has 5 nitrogen and oxygen atoms in total. The van der Waals surface area contributed by atoms with Crippen LogP contribution in [0.2, 0.25) is 0 Å². The lowest BCUT2D eigenvalue weighted by Gasteiger charge is -2.38. The number of rotatable bonds is 3. The summed E-state index contributed by atoms with van der Waals surface area (Å²) < 4.78 is 5.78. The molecule has 0 spiro atoms. The topological polar surface area (TPSA) is 44.8 Å². The molecule has 5 heteroatoms. The zero-order valence-corrected chi connectivity index (χ0v) is 12.7. The van der Waals surface area contributed by atoms with Crippen molar-refractivity contribution >= 4 is 6.03 Å². The first-order valence-electron chi connectivity index (χ1n) is 8.07. The van der Waals surface area contributed by atoms with Gasteiger partial charge in [0.15, 0.2) is 0 Å². The monoisotopic (exact) mass is 281 g/mol. The van der Waals surface area contributed by atoms with E-state index in [9.17, 15) is 4.79 Å². The highest BCUT2D eigenvalue weighted by Gasteiger charge is 2.34. The van der Waals surface area contributed by atoms with Crippen molar-refractivity contribution in [3.05, 3.63) is 0 Å². The normalized spacial score (nSPS) is 35.3. The van der Waals surface area contributed by atoms with Crippen LogP contribution < -0.4 is 5.32 Å². The van der Waals surface area contributed by atoms with Crippen LogP contribution in [0.15, 0.2) is 0 Å². The Morgan fingerprint density at radius 1 is 1.20 bits per heavy atom. The standard InChI is InChI=1S/C15H27N3O2/c1-11-8-17(9-12(2)20-11)10-14-4-3-7-18(14)15(19)16-13-5-6-13/h11-14H,3-10H2,1-2H3,(H,16,19)/t11-,12-,14-/m1/s1. The maximum Gasteiger partial charge on any atom is 0.317 e. The smallest absolute Gasteiger partial charge is 0.317 e. The minimum atomic E-state index is 0.157. The van der Waals surface area contributed by atoms with Gasteiger partial charge in [0, 0.05) is 38.3 Å². The van der Waals surface area contributed by atoms with Gasteiger partial charge in [-0.1, -0.05) is 0 Å². The fourth-order valence-corrected chi connectivity index (χ4v) is 3.51. The van der Waals surface area contributed by atoms with E-state index in [4.69, 9.17) is 4.74 Å². The highest BCUT2D eigenvalue weighted by Crippen LogP contribution is 2.23. The Morgan fingerprint density at radius 2 is 1.90 bits per heavy atom. The zero-order chi connectivity index (χ0) is 14.1. The number of morpholine rings is 1. The number of amides is 2. The van der Waals surface area contributed by atoms with Crippen LogP contribution in [0.25, 0.3) is 0 Å². The number of hydrogen-bond donors (Lipinski definition) is 1. The van der Waals surface area contributed by atoms with Crippen LogP contribution >= 0.6 is 0 Å². The summed E-state index contributed by atoms with van der Waals surface area (Å²) >= 11 is 0. The van der Waals surface area contributed by atoms with E-state index in [0.29, 0.717) is 24.3 Å². The number of ether oxygens (including phenoxy) is 1. The van der Waals surface area contributed by atoms with Crippen molar-refractivity contribution < 1.29 is 9.53 Å². The van der Waals surface area contributed by atoms with Crippen molar-refractivity contribution in [2.45, 2.75) is 63.8 Å². The number of hydrogen-bond acceptors (Lipinski definition) is 3. The molecule has 1 aliphatic carbocycles. The first-order chi connectivity index (χ1) is 9.61. The Bertz CT molecular complexity index is 349. The molecule has 3 fully saturated rings. The fourth-order valence-electron chi connectivity index (χ4n) is 3.51. The van der Waals surface area contributed by atoms with Gasteiger partial charge in [-0.15, -0.1) is 0 Å². The van der Waals surface area contributed by atoms with Gasteiger partial charge < -0.3 is 15.0 Å². The molecule has 0 aromatic heterocycles. The molecule has 2 heterocycles. The zero-order valence-electron chi connectivity index (χ0n) is 12.7. The summed E-state index contributed by atoms with van der Waals surface area (Å²) in [6.45, 7) is 8.15. The van der Waals surface area contributed by atoms with Gasteiger partial charge >= 0.3 is 6.03 Å². The highest BCUT2D eigenvalue weighted by atomic mass is 16.5. The van der Waals surface area contributed by atoms with E-state index in [1.54, 1.807) is 0 Å². The molecular formula is C15H27N3O2. The first kappa shape index (κ1) is 14.1. The van der Waals surface area contributed by atoms with Gasteiger partial charge in [0.05, 0.1) is 12.2 Å². The molecule has 0 bridgehead atoms. The Labute approximate surface area is 121 Å². The third-order valence-corrected chi connectivity index (χ3v) is 4.51. The van der Waals surface area contributed by atoms with Crippen LogP contribution in [0.1, 0.15) is 39.5 Å². The van der Waals surface area contributed by atoms with Gasteiger partial charge in [-0.2, -0.15) is 0 Å². The number of likely N-dealkylation sites (tertiary alicyclic amines) is 1. The molecule has 2 aliphatic heterocycles. The lowest BCUT2D eigenvalue weighted by Crippen LogP contribution is -2.52. The summed E-state index contributed by atoms with van der Waals surface area (Å²) in [5.74, 6) is 0. The van der Waals surface area contributed by atoms with Gasteiger partial charge in [0.2, 0.25) is 0 Å². The van der Waals surface area contributed by atoms with Crippen LogP contribution in [0.5, 0.6) is 0 Å². The largest absolute Gasteiger partial charge is 0.373 e. The van der Waals surface area contributed by atoms with Gasteiger partial charge in [-0.3, -0.25) is 4.90 Å². The van der Waals surface area contributed by atoms with E-state index in [-0.39, 0.29) is 6.03 Å². The van der Waals surface area contributed by atoms with Crippen LogP contribution in [-0.2, 0) is 4.74 Å². The maximum atomic E-state index is 12.2. The molecule has 20 heavy (non-hydrogen) atoms. The van der Waals surface area contributed by atoms with Crippen molar-refractivity contribution in [3.8, 4) is 0 Å². The van der Waals surface area contributed by atoms with E-state index in [0.717, 1.165) is 51.9 Å². The predicted molar refractivity (Wildman–Crippen MR) is 77.7 cm³/mol. The molecule has 1 saturated carbocycles. The molecule has 0 aromatic rings. The molecule has 3 rings (SSSR count). The number of carbonyl (C=O) groups excluding carboxylic acids is 1. The third-order valence-electron chi connectivity index (χ3n) is 4.51. The van der Waals surface area contributed by atoms with Gasteiger partial charge in [-0.05, 0) is 39.5 Å². The van der Waals surface area contributed by atoms with Crippen molar-refractivity contribution in [1.82, 2.24) is 15.1 Å². The van der Waals surface area contributed by atoms with Gasteiger partial charge in [0.1, 0.15) is 0 Å². The second-order valence-electron chi connectivity index (χ2n) is 6.69. The van der Waals surface area contributed by atoms with Crippen molar-refractivity contribution in [1.29, 1.82) is 0 Å². The lowest BCUT2D eigenvalue weighted by atomic mass is 10.1. The molecule has 0 radical (unpaired) electrons. The Hall–Kier alpha value is -0.810. The van der Waals surface area contributed by atoms with Gasteiger partial charge in [-0.25, -0.2) is 4.79 Å². The summed E-state index contributed by atoms with van der Waals surface area (Å²) in [7, 11) is 0. The van der Waals surface area contributed by atoms with Gasteiger partial charge in [0.25, 0.3) is 0 Å². The summed E-state index contributed by atoms with van der Waals surface area (Å²) in [6, 6.07) is 0.989. The Morgan fingerprint density at radius 3 is 2.55 bits per heavy atom. The molecule has 0 unspecified atom stereocenters. The number of carbonyl (C=O) groups is 1. The third kappa shape index (κ3) is 3.44. The van der Waals surface area contributed by atoms with Crippen LogP contribution in [-0.4, -0.2) is 66.3 Å². The Kier molecular flexibility index (Phi) is 4.17. The average Bonchev–Trinajstić information content (AvgIpc) is 3.05. The average molecular weight is 281 g/mol. The summed E-state index contributed by atoms with van der Waals surface area (Å²) in [4.78, 5) is 16.8. The molecular weight excluding hydrogens is 254 g/mol. The quantitative estimate of drug-likeness (QED) is 0.851. The van der Waals surface area contributed by atoms with Crippen LogP contribution in [0.4, 0.5) is 4.79 Å². The molecule has 3 aliphatic rings. The highest BCUT2D eigenvalue weighted by molar-refractivity contribution is 5.75. The van der Waals surface area contributed by atoms with E-state index >= 15 is 0 Å². The Balaban J connectivity index is 1.53. The van der Waals surface area contributed by atoms with Crippen molar-refractivity contribution in [3.63, 3.8) is 0 Å². The van der Waals surface area contributed by atoms with Crippen LogP contribution in [0.3, 0.4) is 0 Å². The summed E-state index contributed by atoms with van der Waals surface area (Å²) in [5, 5.41) is 3.12. The lowest BCUT2D eigenvalue weighted by molar-refractivity contribution is -0.0713. The summed E-state index contributed by atoms with van der Waals surface area (Å²) in [6.07, 6.45) is 5.19. The van der Waals surface area contributed by atoms with E-state index in [1.165, 1.54) is 0 Å². The second kappa shape index (κ2) is 5.90. The van der Waals surface area contributed by atoms with E-state index < -0.39 is 0 Å². The maximum absolute atomic E-state index is 12.2. The minimum absolute atomic E-state index is 0.157. The predicted octanol–water partition coefficient (Wildman–Crippen LogP) is 1.43. The fraction of sp³-hybridized carbons (Fsp3) is 0.933. The number of urea groups is 1. The first-order valence-corrected chi connectivity index (χ1v) is 8.07. The molecule has 3 atom stereocenters. The van der Waals surface area contributed by atoms with Crippen LogP contribution in [0, 0.1) is 0 Å².